The number of carbonyl (C=O) groups is 1. The van der Waals surface area contributed by atoms with E-state index >= 15 is 0 Å². The molecule has 0 bridgehead atoms. The van der Waals surface area contributed by atoms with Gasteiger partial charge < -0.3 is 9.64 Å². The molecule has 0 atom stereocenters. The van der Waals surface area contributed by atoms with Crippen LogP contribution in [0.15, 0.2) is 42.5 Å². The van der Waals surface area contributed by atoms with Gasteiger partial charge in [0.05, 0.1) is 6.42 Å². The molecule has 2 heterocycles. The Bertz CT molecular complexity index is 890. The highest BCUT2D eigenvalue weighted by molar-refractivity contribution is 6.31. The summed E-state index contributed by atoms with van der Waals surface area (Å²) in [6.45, 7) is 3.15. The van der Waals surface area contributed by atoms with E-state index in [4.69, 9.17) is 16.3 Å². The fourth-order valence-corrected chi connectivity index (χ4v) is 4.75. The van der Waals surface area contributed by atoms with Crippen LogP contribution >= 0.6 is 11.6 Å². The molecule has 2 aromatic rings. The molecular formula is C24H27ClF2N2O2. The average molecular weight is 449 g/mol. The van der Waals surface area contributed by atoms with Gasteiger partial charge >= 0.3 is 0 Å². The molecule has 0 N–H and O–H groups in total. The molecule has 4 rings (SSSR count). The predicted octanol–water partition coefficient (Wildman–Crippen LogP) is 4.70. The van der Waals surface area contributed by atoms with E-state index in [-0.39, 0.29) is 29.8 Å². The number of nitrogens with zero attached hydrogens (tertiary/aromatic N) is 2. The van der Waals surface area contributed by atoms with Gasteiger partial charge in [0.1, 0.15) is 11.9 Å². The molecule has 166 valence electrons. The van der Waals surface area contributed by atoms with Crippen molar-refractivity contribution in [3.05, 3.63) is 64.7 Å². The van der Waals surface area contributed by atoms with Gasteiger partial charge in [-0.2, -0.15) is 0 Å². The molecule has 0 aliphatic carbocycles. The Labute approximate surface area is 186 Å². The van der Waals surface area contributed by atoms with Gasteiger partial charge in [-0.15, -0.1) is 0 Å². The first kappa shape index (κ1) is 22.0. The number of hydrogen-bond acceptors (Lipinski definition) is 3. The summed E-state index contributed by atoms with van der Waals surface area (Å²) < 4.78 is 33.6. The Morgan fingerprint density at radius 3 is 2.29 bits per heavy atom. The lowest BCUT2D eigenvalue weighted by Gasteiger charge is -2.41. The molecule has 2 aromatic carbocycles. The second kappa shape index (κ2) is 9.96. The summed E-state index contributed by atoms with van der Waals surface area (Å²) in [4.78, 5) is 16.9. The van der Waals surface area contributed by atoms with Crippen molar-refractivity contribution >= 4 is 17.5 Å². The highest BCUT2D eigenvalue weighted by Gasteiger charge is 2.30. The molecular weight excluding hydrogens is 422 g/mol. The minimum absolute atomic E-state index is 0.00501. The predicted molar refractivity (Wildman–Crippen MR) is 116 cm³/mol. The first-order valence-corrected chi connectivity index (χ1v) is 11.2. The molecule has 0 aromatic heterocycles. The van der Waals surface area contributed by atoms with E-state index < -0.39 is 5.82 Å². The topological polar surface area (TPSA) is 32.8 Å². The number of halogens is 3. The number of ether oxygens (including phenoxy) is 1. The highest BCUT2D eigenvalue weighted by atomic mass is 35.5. The van der Waals surface area contributed by atoms with E-state index in [9.17, 15) is 13.6 Å². The van der Waals surface area contributed by atoms with Gasteiger partial charge in [-0.3, -0.25) is 9.69 Å². The van der Waals surface area contributed by atoms with Crippen LogP contribution < -0.4 is 4.74 Å². The Hall–Kier alpha value is -2.18. The second-order valence-corrected chi connectivity index (χ2v) is 8.68. The second-order valence-electron chi connectivity index (χ2n) is 8.27. The van der Waals surface area contributed by atoms with Crippen LogP contribution in [0.1, 0.15) is 31.2 Å². The SMILES string of the molecule is O=C(Cc1c(F)cccc1Cl)N1CCC(N2CCC(Oc3ccccc3F)CC2)CC1. The summed E-state index contributed by atoms with van der Waals surface area (Å²) in [6.07, 6.45) is 3.54. The molecule has 2 fully saturated rings. The molecule has 2 saturated heterocycles. The average Bonchev–Trinajstić information content (AvgIpc) is 2.78. The molecule has 0 saturated carbocycles. The summed E-state index contributed by atoms with van der Waals surface area (Å²) in [7, 11) is 0. The van der Waals surface area contributed by atoms with Gasteiger partial charge in [-0.1, -0.05) is 29.8 Å². The molecule has 0 radical (unpaired) electrons. The Balaban J connectivity index is 1.23. The minimum Gasteiger partial charge on any atom is -0.487 e. The number of hydrogen-bond donors (Lipinski definition) is 0. The van der Waals surface area contributed by atoms with Crippen LogP contribution in [0.4, 0.5) is 8.78 Å². The van der Waals surface area contributed by atoms with Crippen LogP contribution in [0.3, 0.4) is 0 Å². The first-order chi connectivity index (χ1) is 15.0. The molecule has 2 aliphatic rings. The Morgan fingerprint density at radius 1 is 0.935 bits per heavy atom. The molecule has 4 nitrogen and oxygen atoms in total. The normalized spacial score (nSPS) is 18.9. The number of benzene rings is 2. The highest BCUT2D eigenvalue weighted by Crippen LogP contribution is 2.26. The van der Waals surface area contributed by atoms with E-state index in [1.807, 2.05) is 4.90 Å². The third-order valence-corrected chi connectivity index (χ3v) is 6.68. The van der Waals surface area contributed by atoms with Gasteiger partial charge in [0.15, 0.2) is 11.6 Å². The standard InChI is InChI=1S/C24H27ClF2N2O2/c25-20-4-3-6-21(26)19(20)16-24(30)29-12-8-17(9-13-29)28-14-10-18(11-15-28)31-23-7-2-1-5-22(23)27/h1-7,17-18H,8-16H2. The van der Waals surface area contributed by atoms with E-state index in [0.717, 1.165) is 38.8 Å². The van der Waals surface area contributed by atoms with Crippen LogP contribution in [0.2, 0.25) is 5.02 Å². The van der Waals surface area contributed by atoms with Crippen LogP contribution in [-0.4, -0.2) is 54.0 Å². The van der Waals surface area contributed by atoms with Crippen molar-refractivity contribution in [3.8, 4) is 5.75 Å². The van der Waals surface area contributed by atoms with Crippen LogP contribution in [0, 0.1) is 11.6 Å². The van der Waals surface area contributed by atoms with Crippen molar-refractivity contribution < 1.29 is 18.3 Å². The zero-order chi connectivity index (χ0) is 21.8. The van der Waals surface area contributed by atoms with E-state index in [0.29, 0.717) is 29.9 Å². The smallest absolute Gasteiger partial charge is 0.227 e. The number of para-hydroxylation sites is 1. The molecule has 0 unspecified atom stereocenters. The first-order valence-electron chi connectivity index (χ1n) is 10.9. The number of amides is 1. The summed E-state index contributed by atoms with van der Waals surface area (Å²) in [5, 5.41) is 0.295. The lowest BCUT2D eigenvalue weighted by Crippen LogP contribution is -2.50. The van der Waals surface area contributed by atoms with E-state index in [1.165, 1.54) is 12.1 Å². The van der Waals surface area contributed by atoms with Crippen molar-refractivity contribution in [2.45, 2.75) is 44.2 Å². The number of rotatable bonds is 5. The third-order valence-electron chi connectivity index (χ3n) is 6.33. The van der Waals surface area contributed by atoms with Crippen LogP contribution in [0.5, 0.6) is 5.75 Å². The minimum atomic E-state index is -0.434. The van der Waals surface area contributed by atoms with Crippen molar-refractivity contribution in [3.63, 3.8) is 0 Å². The lowest BCUT2D eigenvalue weighted by atomic mass is 9.98. The lowest BCUT2D eigenvalue weighted by molar-refractivity contribution is -0.132. The van der Waals surface area contributed by atoms with Gasteiger partial charge in [-0.25, -0.2) is 8.78 Å². The number of likely N-dealkylation sites (tertiary alicyclic amines) is 2. The van der Waals surface area contributed by atoms with Gasteiger partial charge in [0, 0.05) is 42.8 Å². The van der Waals surface area contributed by atoms with Crippen LogP contribution in [0.25, 0.3) is 0 Å². The zero-order valence-corrected chi connectivity index (χ0v) is 18.2. The van der Waals surface area contributed by atoms with Crippen LogP contribution in [-0.2, 0) is 11.2 Å². The van der Waals surface area contributed by atoms with E-state index in [2.05, 4.69) is 4.90 Å². The van der Waals surface area contributed by atoms with Crippen molar-refractivity contribution in [2.75, 3.05) is 26.2 Å². The fourth-order valence-electron chi connectivity index (χ4n) is 4.52. The molecule has 2 aliphatic heterocycles. The summed E-state index contributed by atoms with van der Waals surface area (Å²) in [5.41, 5.74) is 0.271. The van der Waals surface area contributed by atoms with Crippen molar-refractivity contribution in [2.24, 2.45) is 0 Å². The fraction of sp³-hybridized carbons (Fsp3) is 0.458. The largest absolute Gasteiger partial charge is 0.487 e. The van der Waals surface area contributed by atoms with Gasteiger partial charge in [-0.05, 0) is 49.9 Å². The monoisotopic (exact) mass is 448 g/mol. The van der Waals surface area contributed by atoms with Gasteiger partial charge in [0.2, 0.25) is 5.91 Å². The Morgan fingerprint density at radius 2 is 1.61 bits per heavy atom. The van der Waals surface area contributed by atoms with Gasteiger partial charge in [0.25, 0.3) is 0 Å². The molecule has 1 amide bonds. The molecule has 31 heavy (non-hydrogen) atoms. The summed E-state index contributed by atoms with van der Waals surface area (Å²) in [5.74, 6) is -0.514. The third kappa shape index (κ3) is 5.36. The van der Waals surface area contributed by atoms with Crippen molar-refractivity contribution in [1.29, 1.82) is 0 Å². The maximum absolute atomic E-state index is 14.0. The zero-order valence-electron chi connectivity index (χ0n) is 17.4. The maximum Gasteiger partial charge on any atom is 0.227 e. The summed E-state index contributed by atoms with van der Waals surface area (Å²) in [6, 6.07) is 11.4. The summed E-state index contributed by atoms with van der Waals surface area (Å²) >= 11 is 6.06. The van der Waals surface area contributed by atoms with E-state index in [1.54, 1.807) is 30.3 Å². The number of piperidine rings is 2. The quantitative estimate of drug-likeness (QED) is 0.665. The molecule has 7 heteroatoms. The number of carbonyl (C=O) groups excluding carboxylic acids is 1. The van der Waals surface area contributed by atoms with Crippen molar-refractivity contribution in [1.82, 2.24) is 9.80 Å². The Kier molecular flexibility index (Phi) is 7.08. The maximum atomic E-state index is 14.0. The molecule has 0 spiro atoms.